The average Bonchev–Trinajstić information content (AvgIpc) is 3.17. The van der Waals surface area contributed by atoms with Crippen LogP contribution in [-0.4, -0.2) is 25.2 Å². The van der Waals surface area contributed by atoms with Crippen molar-refractivity contribution < 1.29 is 4.79 Å². The molecule has 3 rings (SSSR count). The average molecular weight is 309 g/mol. The first kappa shape index (κ1) is 15.0. The lowest BCUT2D eigenvalue weighted by molar-refractivity contribution is 0.0923. The zero-order valence-corrected chi connectivity index (χ0v) is 13.2. The first-order chi connectivity index (χ1) is 11.1. The standard InChI is InChI=1S/C17H19N5O/c1-13-16(21(2)12-18-13)17(23)20-15(11-22-10-6-9-19-22)14-7-4-3-5-8-14/h3-10,12,15H,11H2,1-2H3,(H,20,23)/t15-/m0/s1. The molecule has 1 N–H and O–H groups in total. The van der Waals surface area contributed by atoms with Gasteiger partial charge in [-0.25, -0.2) is 4.98 Å². The maximum atomic E-state index is 12.7. The maximum Gasteiger partial charge on any atom is 0.270 e. The van der Waals surface area contributed by atoms with E-state index in [2.05, 4.69) is 15.4 Å². The second kappa shape index (κ2) is 6.48. The van der Waals surface area contributed by atoms with E-state index in [1.807, 2.05) is 61.2 Å². The molecule has 1 amide bonds. The molecule has 0 aliphatic heterocycles. The van der Waals surface area contributed by atoms with Gasteiger partial charge in [0.2, 0.25) is 0 Å². The first-order valence-electron chi connectivity index (χ1n) is 7.46. The molecule has 3 aromatic rings. The van der Waals surface area contributed by atoms with Crippen LogP contribution in [0.3, 0.4) is 0 Å². The lowest BCUT2D eigenvalue weighted by atomic mass is 10.1. The molecule has 0 radical (unpaired) electrons. The smallest absolute Gasteiger partial charge is 0.270 e. The number of nitrogens with one attached hydrogen (secondary N) is 1. The lowest BCUT2D eigenvalue weighted by Crippen LogP contribution is -2.33. The summed E-state index contributed by atoms with van der Waals surface area (Å²) in [4.78, 5) is 16.8. The van der Waals surface area contributed by atoms with E-state index in [1.165, 1.54) is 0 Å². The van der Waals surface area contributed by atoms with Gasteiger partial charge in [-0.2, -0.15) is 5.10 Å². The predicted octanol–water partition coefficient (Wildman–Crippen LogP) is 2.10. The Morgan fingerprint density at radius 3 is 2.65 bits per heavy atom. The summed E-state index contributed by atoms with van der Waals surface area (Å²) in [5, 5.41) is 7.33. The van der Waals surface area contributed by atoms with Crippen molar-refractivity contribution in [2.24, 2.45) is 7.05 Å². The highest BCUT2D eigenvalue weighted by Crippen LogP contribution is 2.16. The number of hydrogen-bond donors (Lipinski definition) is 1. The molecule has 23 heavy (non-hydrogen) atoms. The third kappa shape index (κ3) is 3.31. The Balaban J connectivity index is 1.85. The van der Waals surface area contributed by atoms with E-state index < -0.39 is 0 Å². The first-order valence-corrected chi connectivity index (χ1v) is 7.46. The highest BCUT2D eigenvalue weighted by atomic mass is 16.2. The van der Waals surface area contributed by atoms with E-state index in [0.717, 1.165) is 11.3 Å². The Kier molecular flexibility index (Phi) is 4.23. The van der Waals surface area contributed by atoms with Crippen molar-refractivity contribution in [2.75, 3.05) is 0 Å². The van der Waals surface area contributed by atoms with Crippen LogP contribution in [0.5, 0.6) is 0 Å². The summed E-state index contributed by atoms with van der Waals surface area (Å²) in [6.45, 7) is 2.40. The number of carbonyl (C=O) groups excluding carboxylic acids is 1. The number of aromatic nitrogens is 4. The minimum absolute atomic E-state index is 0.136. The molecule has 0 spiro atoms. The molecule has 0 aliphatic rings. The second-order valence-corrected chi connectivity index (χ2v) is 5.45. The Morgan fingerprint density at radius 1 is 1.26 bits per heavy atom. The molecule has 1 atom stereocenters. The van der Waals surface area contributed by atoms with E-state index >= 15 is 0 Å². The largest absolute Gasteiger partial charge is 0.342 e. The molecular weight excluding hydrogens is 290 g/mol. The zero-order valence-electron chi connectivity index (χ0n) is 13.2. The fraction of sp³-hybridized carbons (Fsp3) is 0.235. The molecular formula is C17H19N5O. The Bertz CT molecular complexity index is 757. The topological polar surface area (TPSA) is 64.7 Å². The molecule has 2 aromatic heterocycles. The van der Waals surface area contributed by atoms with E-state index in [1.54, 1.807) is 17.1 Å². The van der Waals surface area contributed by atoms with Crippen LogP contribution < -0.4 is 5.32 Å². The molecule has 2 heterocycles. The summed E-state index contributed by atoms with van der Waals surface area (Å²) in [6, 6.07) is 11.6. The number of rotatable bonds is 5. The summed E-state index contributed by atoms with van der Waals surface area (Å²) in [5.74, 6) is -0.136. The van der Waals surface area contributed by atoms with Crippen molar-refractivity contribution in [1.82, 2.24) is 24.6 Å². The molecule has 1 aromatic carbocycles. The number of hydrogen-bond acceptors (Lipinski definition) is 3. The van der Waals surface area contributed by atoms with Gasteiger partial charge in [-0.05, 0) is 18.6 Å². The number of aryl methyl sites for hydroxylation is 2. The molecule has 6 heteroatoms. The van der Waals surface area contributed by atoms with Crippen LogP contribution in [0, 0.1) is 6.92 Å². The third-order valence-corrected chi connectivity index (χ3v) is 3.77. The number of carbonyl (C=O) groups is 1. The van der Waals surface area contributed by atoms with Crippen LogP contribution in [0.2, 0.25) is 0 Å². The van der Waals surface area contributed by atoms with Crippen LogP contribution in [-0.2, 0) is 13.6 Å². The summed E-state index contributed by atoms with van der Waals surface area (Å²) >= 11 is 0. The lowest BCUT2D eigenvalue weighted by Gasteiger charge is -2.19. The zero-order chi connectivity index (χ0) is 16.2. The summed E-state index contributed by atoms with van der Waals surface area (Å²) < 4.78 is 3.55. The van der Waals surface area contributed by atoms with Gasteiger partial charge in [0.15, 0.2) is 0 Å². The Hall–Kier alpha value is -2.89. The van der Waals surface area contributed by atoms with Crippen molar-refractivity contribution in [1.29, 1.82) is 0 Å². The van der Waals surface area contributed by atoms with E-state index in [0.29, 0.717) is 12.2 Å². The molecule has 0 saturated heterocycles. The summed E-state index contributed by atoms with van der Waals surface area (Å²) in [7, 11) is 1.82. The van der Waals surface area contributed by atoms with Gasteiger partial charge in [-0.15, -0.1) is 0 Å². The van der Waals surface area contributed by atoms with Crippen molar-refractivity contribution in [2.45, 2.75) is 19.5 Å². The fourth-order valence-corrected chi connectivity index (χ4v) is 2.61. The van der Waals surface area contributed by atoms with Gasteiger partial charge in [0.25, 0.3) is 5.91 Å². The van der Waals surface area contributed by atoms with Gasteiger partial charge in [-0.3, -0.25) is 9.48 Å². The fourth-order valence-electron chi connectivity index (χ4n) is 2.61. The number of nitrogens with zero attached hydrogens (tertiary/aromatic N) is 4. The van der Waals surface area contributed by atoms with E-state index in [-0.39, 0.29) is 11.9 Å². The quantitative estimate of drug-likeness (QED) is 0.785. The molecule has 0 fully saturated rings. The second-order valence-electron chi connectivity index (χ2n) is 5.45. The van der Waals surface area contributed by atoms with Crippen LogP contribution in [0.25, 0.3) is 0 Å². The monoisotopic (exact) mass is 309 g/mol. The highest BCUT2D eigenvalue weighted by Gasteiger charge is 2.20. The van der Waals surface area contributed by atoms with Gasteiger partial charge in [0, 0.05) is 19.4 Å². The summed E-state index contributed by atoms with van der Waals surface area (Å²) in [5.41, 5.74) is 2.33. The van der Waals surface area contributed by atoms with Gasteiger partial charge >= 0.3 is 0 Å². The predicted molar refractivity (Wildman–Crippen MR) is 86.8 cm³/mol. The maximum absolute atomic E-state index is 12.7. The normalized spacial score (nSPS) is 12.1. The number of imidazole rings is 1. The number of benzene rings is 1. The Labute approximate surface area is 134 Å². The molecule has 0 bridgehead atoms. The van der Waals surface area contributed by atoms with Gasteiger partial charge < -0.3 is 9.88 Å². The molecule has 0 aliphatic carbocycles. The van der Waals surface area contributed by atoms with Crippen molar-refractivity contribution >= 4 is 5.91 Å². The molecule has 118 valence electrons. The van der Waals surface area contributed by atoms with Crippen LogP contribution in [0.4, 0.5) is 0 Å². The molecule has 6 nitrogen and oxygen atoms in total. The van der Waals surface area contributed by atoms with Gasteiger partial charge in [0.05, 0.1) is 24.6 Å². The van der Waals surface area contributed by atoms with Crippen LogP contribution in [0.1, 0.15) is 27.8 Å². The van der Waals surface area contributed by atoms with E-state index in [9.17, 15) is 4.79 Å². The third-order valence-electron chi connectivity index (χ3n) is 3.77. The van der Waals surface area contributed by atoms with Crippen molar-refractivity contribution in [3.8, 4) is 0 Å². The van der Waals surface area contributed by atoms with Crippen molar-refractivity contribution in [3.63, 3.8) is 0 Å². The van der Waals surface area contributed by atoms with Gasteiger partial charge in [0.1, 0.15) is 5.69 Å². The van der Waals surface area contributed by atoms with Crippen LogP contribution >= 0.6 is 0 Å². The number of amides is 1. The summed E-state index contributed by atoms with van der Waals surface area (Å²) in [6.07, 6.45) is 5.27. The van der Waals surface area contributed by atoms with E-state index in [4.69, 9.17) is 0 Å². The minimum atomic E-state index is -0.169. The highest BCUT2D eigenvalue weighted by molar-refractivity contribution is 5.93. The van der Waals surface area contributed by atoms with Crippen LogP contribution in [0.15, 0.2) is 55.1 Å². The molecule has 0 saturated carbocycles. The minimum Gasteiger partial charge on any atom is -0.342 e. The van der Waals surface area contributed by atoms with Gasteiger partial charge in [-0.1, -0.05) is 30.3 Å². The Morgan fingerprint density at radius 2 is 2.04 bits per heavy atom. The molecule has 0 unspecified atom stereocenters. The SMILES string of the molecule is Cc1ncn(C)c1C(=O)N[C@@H](Cn1cccn1)c1ccccc1. The van der Waals surface area contributed by atoms with Crippen molar-refractivity contribution in [3.05, 3.63) is 72.1 Å².